The highest BCUT2D eigenvalue weighted by atomic mass is 16.9. The van der Waals surface area contributed by atoms with E-state index in [-0.39, 0.29) is 23.3 Å². The molecule has 4 aliphatic heterocycles. The minimum absolute atomic E-state index is 0.141. The van der Waals surface area contributed by atoms with Crippen LogP contribution in [0.2, 0.25) is 0 Å². The molecule has 276 valence electrons. The Labute approximate surface area is 301 Å². The second-order valence-electron chi connectivity index (χ2n) is 14.0. The average molecular weight is 719 g/mol. The number of benzene rings is 3. The van der Waals surface area contributed by atoms with E-state index >= 15 is 0 Å². The van der Waals surface area contributed by atoms with Crippen LogP contribution in [0, 0.1) is 0 Å². The first-order chi connectivity index (χ1) is 24.9. The van der Waals surface area contributed by atoms with E-state index in [0.717, 1.165) is 0 Å². The molecule has 3 aromatic carbocycles. The van der Waals surface area contributed by atoms with Crippen molar-refractivity contribution in [2.45, 2.75) is 108 Å². The molecule has 4 saturated heterocycles. The molecule has 4 fully saturated rings. The highest BCUT2D eigenvalue weighted by Crippen LogP contribution is 2.44. The molecule has 4 heterocycles. The molecule has 0 bridgehead atoms. The van der Waals surface area contributed by atoms with Crippen molar-refractivity contribution in [1.82, 2.24) is 0 Å². The number of fused-ring (bicyclic) bond motifs is 3. The van der Waals surface area contributed by atoms with Crippen molar-refractivity contribution < 1.29 is 61.8 Å². The van der Waals surface area contributed by atoms with Crippen molar-refractivity contribution in [3.63, 3.8) is 0 Å². The summed E-state index contributed by atoms with van der Waals surface area (Å²) in [4.78, 5) is 40.6. The van der Waals surface area contributed by atoms with E-state index in [9.17, 15) is 14.4 Å². The lowest BCUT2D eigenvalue weighted by Gasteiger charge is -2.44. The quantitative estimate of drug-likeness (QED) is 0.221. The van der Waals surface area contributed by atoms with Gasteiger partial charge in [0.25, 0.3) is 0 Å². The summed E-state index contributed by atoms with van der Waals surface area (Å²) in [6.07, 6.45) is -9.46. The fourth-order valence-electron chi connectivity index (χ4n) is 6.84. The van der Waals surface area contributed by atoms with Gasteiger partial charge in [-0.15, -0.1) is 0 Å². The summed E-state index contributed by atoms with van der Waals surface area (Å²) in [6.45, 7) is 8.68. The molecule has 0 saturated carbocycles. The number of ether oxygens (including phenoxy) is 10. The smallest absolute Gasteiger partial charge is 0.338 e. The van der Waals surface area contributed by atoms with Gasteiger partial charge in [-0.1, -0.05) is 54.6 Å². The summed E-state index contributed by atoms with van der Waals surface area (Å²) >= 11 is 0. The molecule has 0 amide bonds. The SMILES string of the molecule is C[C@H]1O[C@@H](OC[C@H]2O[C@@H]3OC(C)(C)O[C@@H]3[C@H]3OC(C)(C)O[C@H]32)[C@H](OC(=O)c2ccccc2)[C@@H](OC(=O)c2ccccc2)[C@@H]1OC(=O)c1ccccc1. The van der Waals surface area contributed by atoms with Gasteiger partial charge in [0, 0.05) is 0 Å². The molecule has 4 aliphatic rings. The summed E-state index contributed by atoms with van der Waals surface area (Å²) < 4.78 is 61.8. The summed E-state index contributed by atoms with van der Waals surface area (Å²) in [5.74, 6) is -4.03. The monoisotopic (exact) mass is 718 g/mol. The molecule has 7 rings (SSSR count). The van der Waals surface area contributed by atoms with Gasteiger partial charge in [0.2, 0.25) is 0 Å². The van der Waals surface area contributed by atoms with Crippen molar-refractivity contribution in [3.8, 4) is 0 Å². The summed E-state index contributed by atoms with van der Waals surface area (Å²) in [5.41, 5.74) is 0.735. The Kier molecular flexibility index (Phi) is 10.2. The molecule has 0 radical (unpaired) electrons. The molecule has 0 aromatic heterocycles. The summed E-state index contributed by atoms with van der Waals surface area (Å²) in [7, 11) is 0. The van der Waals surface area contributed by atoms with Gasteiger partial charge in [0.15, 0.2) is 42.5 Å². The summed E-state index contributed by atoms with van der Waals surface area (Å²) in [6, 6.07) is 25.0. The minimum Gasteiger partial charge on any atom is -0.452 e. The van der Waals surface area contributed by atoms with Gasteiger partial charge < -0.3 is 47.4 Å². The van der Waals surface area contributed by atoms with Crippen molar-refractivity contribution >= 4 is 17.9 Å². The Balaban J connectivity index is 1.19. The average Bonchev–Trinajstić information content (AvgIpc) is 3.64. The van der Waals surface area contributed by atoms with Gasteiger partial charge in [0.1, 0.15) is 24.4 Å². The van der Waals surface area contributed by atoms with E-state index < -0.39 is 90.9 Å². The Morgan fingerprint density at radius 2 is 1.00 bits per heavy atom. The predicted octanol–water partition coefficient (Wildman–Crippen LogP) is 4.82. The van der Waals surface area contributed by atoms with Crippen LogP contribution in [-0.4, -0.2) is 97.5 Å². The van der Waals surface area contributed by atoms with E-state index in [1.54, 1.807) is 126 Å². The lowest BCUT2D eigenvalue weighted by Crippen LogP contribution is -2.62. The van der Waals surface area contributed by atoms with Crippen LogP contribution >= 0.6 is 0 Å². The van der Waals surface area contributed by atoms with Crippen molar-refractivity contribution in [2.24, 2.45) is 0 Å². The molecule has 13 nitrogen and oxygen atoms in total. The number of rotatable bonds is 9. The van der Waals surface area contributed by atoms with E-state index in [2.05, 4.69) is 0 Å². The van der Waals surface area contributed by atoms with Crippen LogP contribution in [0.3, 0.4) is 0 Å². The van der Waals surface area contributed by atoms with Gasteiger partial charge in [-0.25, -0.2) is 14.4 Å². The maximum Gasteiger partial charge on any atom is 0.338 e. The number of carbonyl (C=O) groups is 3. The van der Waals surface area contributed by atoms with Crippen molar-refractivity contribution in [2.75, 3.05) is 6.61 Å². The van der Waals surface area contributed by atoms with E-state index in [1.165, 1.54) is 0 Å². The summed E-state index contributed by atoms with van der Waals surface area (Å²) in [5, 5.41) is 0. The number of carbonyl (C=O) groups excluding carboxylic acids is 3. The van der Waals surface area contributed by atoms with Crippen LogP contribution in [0.5, 0.6) is 0 Å². The normalized spacial score (nSPS) is 32.9. The second-order valence-corrected chi connectivity index (χ2v) is 14.0. The Morgan fingerprint density at radius 1 is 0.558 bits per heavy atom. The standard InChI is InChI=1S/C39H42O13/c1-22-27(46-33(40)23-15-9-6-10-16-23)29(47-34(41)24-17-11-7-12-18-24)31(48-35(42)25-19-13-8-14-20-25)36(44-22)43-21-26-28-30(50-38(2,3)49-28)32-37(45-26)52-39(4,5)51-32/h6-20,22,26-32,36-37H,21H2,1-5H3/t22-,26-,27-,28+,29+,30+,31-,32-,36-,37-/m1/s1. The van der Waals surface area contributed by atoms with Crippen LogP contribution in [0.15, 0.2) is 91.0 Å². The van der Waals surface area contributed by atoms with Gasteiger partial charge in [-0.05, 0) is 71.0 Å². The molecule has 13 heteroatoms. The number of esters is 3. The molecule has 3 aromatic rings. The van der Waals surface area contributed by atoms with E-state index in [4.69, 9.17) is 47.4 Å². The van der Waals surface area contributed by atoms with Crippen LogP contribution < -0.4 is 0 Å². The first kappa shape index (κ1) is 36.2. The zero-order valence-corrected chi connectivity index (χ0v) is 29.4. The largest absolute Gasteiger partial charge is 0.452 e. The van der Waals surface area contributed by atoms with E-state index in [0.29, 0.717) is 0 Å². The maximum atomic E-state index is 13.6. The predicted molar refractivity (Wildman–Crippen MR) is 180 cm³/mol. The Hall–Kier alpha value is -4.21. The van der Waals surface area contributed by atoms with Crippen LogP contribution in [0.4, 0.5) is 0 Å². The molecule has 10 atom stereocenters. The van der Waals surface area contributed by atoms with Gasteiger partial charge in [-0.3, -0.25) is 0 Å². The lowest BCUT2D eigenvalue weighted by atomic mass is 9.97. The van der Waals surface area contributed by atoms with Gasteiger partial charge >= 0.3 is 17.9 Å². The number of hydrogen-bond acceptors (Lipinski definition) is 13. The second kappa shape index (κ2) is 14.7. The van der Waals surface area contributed by atoms with Gasteiger partial charge in [0.05, 0.1) is 29.4 Å². The first-order valence-corrected chi connectivity index (χ1v) is 17.3. The molecule has 52 heavy (non-hydrogen) atoms. The first-order valence-electron chi connectivity index (χ1n) is 17.3. The third kappa shape index (κ3) is 7.76. The highest BCUT2D eigenvalue weighted by molar-refractivity contribution is 5.91. The Morgan fingerprint density at radius 3 is 1.54 bits per heavy atom. The van der Waals surface area contributed by atoms with Gasteiger partial charge in [-0.2, -0.15) is 0 Å². The fraction of sp³-hybridized carbons (Fsp3) is 0.462. The maximum absolute atomic E-state index is 13.6. The van der Waals surface area contributed by atoms with Crippen molar-refractivity contribution in [1.29, 1.82) is 0 Å². The van der Waals surface area contributed by atoms with Crippen LogP contribution in [0.1, 0.15) is 65.7 Å². The Bertz CT molecular complexity index is 1720. The molecule has 0 aliphatic carbocycles. The topological polar surface area (TPSA) is 144 Å². The molecule has 0 spiro atoms. The molecular formula is C39H42O13. The van der Waals surface area contributed by atoms with Crippen LogP contribution in [-0.2, 0) is 47.4 Å². The van der Waals surface area contributed by atoms with Crippen molar-refractivity contribution in [3.05, 3.63) is 108 Å². The van der Waals surface area contributed by atoms with E-state index in [1.807, 2.05) is 0 Å². The zero-order valence-electron chi connectivity index (χ0n) is 29.4. The molecule has 0 N–H and O–H groups in total. The fourth-order valence-corrected chi connectivity index (χ4v) is 6.84. The minimum atomic E-state index is -1.42. The zero-order chi connectivity index (χ0) is 36.6. The van der Waals surface area contributed by atoms with Crippen LogP contribution in [0.25, 0.3) is 0 Å². The third-order valence-electron chi connectivity index (χ3n) is 9.16. The molecule has 0 unspecified atom stereocenters. The highest BCUT2D eigenvalue weighted by Gasteiger charge is 2.61. The molecular weight excluding hydrogens is 676 g/mol. The third-order valence-corrected chi connectivity index (χ3v) is 9.16. The lowest BCUT2D eigenvalue weighted by molar-refractivity contribution is -0.307. The number of hydrogen-bond donors (Lipinski definition) is 0.